The van der Waals surface area contributed by atoms with Gasteiger partial charge < -0.3 is 25.2 Å². The first-order valence-corrected chi connectivity index (χ1v) is 13.7. The second-order valence-electron chi connectivity index (χ2n) is 8.40. The zero-order chi connectivity index (χ0) is 30.0. The summed E-state index contributed by atoms with van der Waals surface area (Å²) in [6.45, 7) is -3.09. The number of aromatic nitrogens is 1. The lowest BCUT2D eigenvalue weighted by Gasteiger charge is -2.27. The van der Waals surface area contributed by atoms with E-state index < -0.39 is 72.6 Å². The molecule has 1 aromatic carbocycles. The number of rotatable bonds is 18. The van der Waals surface area contributed by atoms with Gasteiger partial charge in [0.2, 0.25) is 4.34 Å². The fraction of sp³-hybridized carbons (Fsp3) is 0.429. The molecule has 1 heterocycles. The van der Waals surface area contributed by atoms with Crippen LogP contribution >= 0.6 is 11.3 Å². The molecule has 17 nitrogen and oxygen atoms in total. The summed E-state index contributed by atoms with van der Waals surface area (Å²) in [6.07, 6.45) is 0. The van der Waals surface area contributed by atoms with Crippen molar-refractivity contribution in [3.8, 4) is 5.75 Å². The van der Waals surface area contributed by atoms with E-state index in [-0.39, 0.29) is 36.3 Å². The van der Waals surface area contributed by atoms with E-state index in [1.807, 2.05) is 0 Å². The average Bonchev–Trinajstić information content (AvgIpc) is 3.23. The molecule has 0 aliphatic carbocycles. The Balaban J connectivity index is 2.16. The summed E-state index contributed by atoms with van der Waals surface area (Å²) in [5, 5.41) is 41.3. The number of primary sulfonamides is 1. The lowest BCUT2D eigenvalue weighted by atomic mass is 10.3. The van der Waals surface area contributed by atoms with Crippen LogP contribution in [0, 0.1) is 0 Å². The maximum absolute atomic E-state index is 12.7. The minimum Gasteiger partial charge on any atom is -0.480 e. The quantitative estimate of drug-likeness (QED) is 0.0917. The molecule has 0 amide bonds. The predicted octanol–water partition coefficient (Wildman–Crippen LogP) is -1.91. The van der Waals surface area contributed by atoms with Gasteiger partial charge >= 0.3 is 29.8 Å². The standard InChI is InChI=1S/C21H27N5O12S2/c22-40(36,37)21-23-14-2-1-13(7-15(14)39-21)38-20(35)12-24(3-5-25(8-16(27)28)9-17(29)30)4-6-26(10-18(31)32)11-19(33)34/h1-2,7H,3-6,8-12H2,(H,27,28)(H,29,30)(H,31,32)(H,33,34)(H2,22,36,37). The van der Waals surface area contributed by atoms with E-state index in [1.165, 1.54) is 23.1 Å². The van der Waals surface area contributed by atoms with Gasteiger partial charge in [-0.2, -0.15) is 0 Å². The number of fused-ring (bicyclic) bond motifs is 1. The number of carbonyl (C=O) groups excluding carboxylic acids is 1. The molecule has 0 unspecified atom stereocenters. The molecule has 0 saturated carbocycles. The number of aliphatic carboxylic acids is 4. The SMILES string of the molecule is NS(=O)(=O)c1nc2ccc(OC(=O)CN(CCN(CC(=O)O)CC(=O)O)CCN(CC(=O)O)CC(=O)O)cc2s1. The molecular weight excluding hydrogens is 578 g/mol. The van der Waals surface area contributed by atoms with Crippen LogP contribution in [-0.2, 0) is 34.0 Å². The van der Waals surface area contributed by atoms with Gasteiger partial charge in [0.25, 0.3) is 10.0 Å². The Bertz CT molecular complexity index is 1290. The molecule has 2 rings (SSSR count). The summed E-state index contributed by atoms with van der Waals surface area (Å²) in [5.41, 5.74) is 0.310. The number of sulfonamides is 1. The average molecular weight is 606 g/mol. The highest BCUT2D eigenvalue weighted by molar-refractivity contribution is 7.91. The number of hydrogen-bond donors (Lipinski definition) is 5. The first-order valence-electron chi connectivity index (χ1n) is 11.3. The third-order valence-corrected chi connectivity index (χ3v) is 7.41. The van der Waals surface area contributed by atoms with Gasteiger partial charge in [0.1, 0.15) is 5.75 Å². The lowest BCUT2D eigenvalue weighted by Crippen LogP contribution is -2.46. The van der Waals surface area contributed by atoms with Crippen LogP contribution in [0.1, 0.15) is 0 Å². The van der Waals surface area contributed by atoms with Crippen LogP contribution in [0.2, 0.25) is 0 Å². The molecule has 0 spiro atoms. The molecule has 19 heteroatoms. The fourth-order valence-electron chi connectivity index (χ4n) is 3.44. The van der Waals surface area contributed by atoms with E-state index in [0.29, 0.717) is 10.2 Å². The maximum Gasteiger partial charge on any atom is 0.325 e. The van der Waals surface area contributed by atoms with E-state index in [9.17, 15) is 32.4 Å². The number of hydrogen-bond acceptors (Lipinski definition) is 13. The highest BCUT2D eigenvalue weighted by atomic mass is 32.2. The number of benzene rings is 1. The fourth-order valence-corrected chi connectivity index (χ4v) is 5.13. The number of nitrogens with zero attached hydrogens (tertiary/aromatic N) is 4. The first-order chi connectivity index (χ1) is 18.6. The summed E-state index contributed by atoms with van der Waals surface area (Å²) < 4.78 is 28.5. The van der Waals surface area contributed by atoms with Crippen molar-refractivity contribution in [2.75, 3.05) is 58.9 Å². The van der Waals surface area contributed by atoms with Crippen molar-refractivity contribution in [3.63, 3.8) is 0 Å². The van der Waals surface area contributed by atoms with E-state index in [2.05, 4.69) is 4.98 Å². The van der Waals surface area contributed by atoms with Gasteiger partial charge in [0, 0.05) is 32.2 Å². The van der Waals surface area contributed by atoms with Crippen molar-refractivity contribution >= 4 is 61.4 Å². The Morgan fingerprint density at radius 3 is 1.65 bits per heavy atom. The molecule has 0 fully saturated rings. The van der Waals surface area contributed by atoms with Crippen molar-refractivity contribution in [2.24, 2.45) is 5.14 Å². The molecule has 40 heavy (non-hydrogen) atoms. The zero-order valence-electron chi connectivity index (χ0n) is 20.8. The number of carboxylic acid groups (broad SMARTS) is 4. The van der Waals surface area contributed by atoms with Crippen LogP contribution in [0.15, 0.2) is 22.5 Å². The Kier molecular flexibility index (Phi) is 11.8. The second-order valence-corrected chi connectivity index (χ2v) is 11.2. The Hall–Kier alpha value is -3.75. The third-order valence-electron chi connectivity index (χ3n) is 5.07. The minimum atomic E-state index is -4.04. The van der Waals surface area contributed by atoms with Crippen LogP contribution < -0.4 is 9.88 Å². The summed E-state index contributed by atoms with van der Waals surface area (Å²) in [6, 6.07) is 4.18. The molecule has 0 bridgehead atoms. The number of thiazole rings is 1. The third kappa shape index (κ3) is 11.6. The van der Waals surface area contributed by atoms with Gasteiger partial charge in [-0.15, -0.1) is 11.3 Å². The largest absolute Gasteiger partial charge is 0.480 e. The van der Waals surface area contributed by atoms with Crippen molar-refractivity contribution in [2.45, 2.75) is 4.34 Å². The van der Waals surface area contributed by atoms with E-state index in [4.69, 9.17) is 30.3 Å². The molecule has 1 aromatic heterocycles. The Morgan fingerprint density at radius 1 is 0.775 bits per heavy atom. The van der Waals surface area contributed by atoms with Crippen molar-refractivity contribution in [1.82, 2.24) is 19.7 Å². The molecular formula is C21H27N5O12S2. The van der Waals surface area contributed by atoms with Gasteiger partial charge in [0.05, 0.1) is 42.9 Å². The van der Waals surface area contributed by atoms with Crippen LogP contribution in [0.4, 0.5) is 0 Å². The van der Waals surface area contributed by atoms with Gasteiger partial charge in [-0.25, -0.2) is 18.5 Å². The Labute approximate surface area is 231 Å². The molecule has 0 aliphatic heterocycles. The number of esters is 1. The van der Waals surface area contributed by atoms with Crippen LogP contribution in [0.5, 0.6) is 5.75 Å². The summed E-state index contributed by atoms with van der Waals surface area (Å²) >= 11 is 0.773. The van der Waals surface area contributed by atoms with Crippen LogP contribution in [0.25, 0.3) is 10.2 Å². The number of nitrogens with two attached hydrogens (primary N) is 1. The van der Waals surface area contributed by atoms with Crippen LogP contribution in [-0.4, -0.2) is 137 Å². The van der Waals surface area contributed by atoms with Gasteiger partial charge in [-0.3, -0.25) is 38.7 Å². The van der Waals surface area contributed by atoms with Gasteiger partial charge in [-0.1, -0.05) is 0 Å². The summed E-state index contributed by atoms with van der Waals surface area (Å²) in [7, 11) is -4.04. The topological polar surface area (TPSA) is 258 Å². The molecule has 2 aromatic rings. The first kappa shape index (κ1) is 32.5. The lowest BCUT2D eigenvalue weighted by molar-refractivity contribution is -0.143. The highest BCUT2D eigenvalue weighted by Gasteiger charge is 2.21. The van der Waals surface area contributed by atoms with E-state index >= 15 is 0 Å². The molecule has 0 aliphatic rings. The van der Waals surface area contributed by atoms with Gasteiger partial charge in [-0.05, 0) is 12.1 Å². The molecule has 0 radical (unpaired) electrons. The highest BCUT2D eigenvalue weighted by Crippen LogP contribution is 2.28. The zero-order valence-corrected chi connectivity index (χ0v) is 22.5. The van der Waals surface area contributed by atoms with Crippen molar-refractivity contribution in [3.05, 3.63) is 18.2 Å². The summed E-state index contributed by atoms with van der Waals surface area (Å²) in [4.78, 5) is 64.7. The van der Waals surface area contributed by atoms with E-state index in [0.717, 1.165) is 21.1 Å². The van der Waals surface area contributed by atoms with Gasteiger partial charge in [0.15, 0.2) is 0 Å². The monoisotopic (exact) mass is 605 g/mol. The minimum absolute atomic E-state index is 0.0464. The number of ether oxygens (including phenoxy) is 1. The van der Waals surface area contributed by atoms with Crippen molar-refractivity contribution < 1.29 is 57.6 Å². The maximum atomic E-state index is 12.7. The molecule has 220 valence electrons. The predicted molar refractivity (Wildman–Crippen MR) is 136 cm³/mol. The number of carbonyl (C=O) groups is 5. The Morgan fingerprint density at radius 2 is 1.23 bits per heavy atom. The molecule has 0 saturated heterocycles. The smallest absolute Gasteiger partial charge is 0.325 e. The second kappa shape index (κ2) is 14.6. The normalized spacial score (nSPS) is 11.8. The van der Waals surface area contributed by atoms with Crippen LogP contribution in [0.3, 0.4) is 0 Å². The van der Waals surface area contributed by atoms with Crippen molar-refractivity contribution in [1.29, 1.82) is 0 Å². The molecule has 0 atom stereocenters. The summed E-state index contributed by atoms with van der Waals surface area (Å²) in [5.74, 6) is -5.84. The number of carboxylic acids is 4. The molecule has 6 N–H and O–H groups in total. The van der Waals surface area contributed by atoms with E-state index in [1.54, 1.807) is 0 Å².